The van der Waals surface area contributed by atoms with Gasteiger partial charge in [-0.25, -0.2) is 0 Å². The average Bonchev–Trinajstić information content (AvgIpc) is 3.32. The number of imidazole rings is 1. The van der Waals surface area contributed by atoms with E-state index in [4.69, 9.17) is 11.6 Å². The Labute approximate surface area is 175 Å². The fourth-order valence-corrected chi connectivity index (χ4v) is 5.42. The first-order valence-corrected chi connectivity index (χ1v) is 11.0. The second-order valence-electron chi connectivity index (χ2n) is 7.03. The molecular formula is C19H17ClF3N5Se. The monoisotopic (exact) mass is 487 g/mol. The van der Waals surface area contributed by atoms with Gasteiger partial charge in [0.2, 0.25) is 0 Å². The van der Waals surface area contributed by atoms with E-state index in [0.29, 0.717) is 12.4 Å². The van der Waals surface area contributed by atoms with Gasteiger partial charge in [0.25, 0.3) is 0 Å². The van der Waals surface area contributed by atoms with E-state index >= 15 is 0 Å². The molecule has 0 aliphatic heterocycles. The van der Waals surface area contributed by atoms with Gasteiger partial charge in [0.1, 0.15) is 0 Å². The number of halogens is 4. The molecule has 0 N–H and O–H groups in total. The molecule has 0 fully saturated rings. The minimum absolute atomic E-state index is 0.121. The van der Waals surface area contributed by atoms with Gasteiger partial charge >= 0.3 is 176 Å². The summed E-state index contributed by atoms with van der Waals surface area (Å²) in [6.07, 6.45) is 0.322. The van der Waals surface area contributed by atoms with Crippen LogP contribution in [0.1, 0.15) is 35.6 Å². The summed E-state index contributed by atoms with van der Waals surface area (Å²) in [5.41, 5.74) is 0.932. The van der Waals surface area contributed by atoms with Crippen molar-refractivity contribution in [2.75, 3.05) is 0 Å². The van der Waals surface area contributed by atoms with Crippen LogP contribution in [0, 0.1) is 6.92 Å². The van der Waals surface area contributed by atoms with E-state index in [1.807, 2.05) is 43.7 Å². The van der Waals surface area contributed by atoms with Crippen LogP contribution >= 0.6 is 11.6 Å². The van der Waals surface area contributed by atoms with Crippen molar-refractivity contribution in [3.05, 3.63) is 51.7 Å². The van der Waals surface area contributed by atoms with Crippen LogP contribution in [-0.2, 0) is 12.7 Å². The Morgan fingerprint density at radius 2 is 1.93 bits per heavy atom. The Balaban J connectivity index is 1.70. The van der Waals surface area contributed by atoms with Crippen molar-refractivity contribution in [1.82, 2.24) is 24.1 Å². The van der Waals surface area contributed by atoms with E-state index in [0.717, 1.165) is 31.7 Å². The molecule has 4 aromatic heterocycles. The first kappa shape index (κ1) is 20.2. The zero-order valence-corrected chi connectivity index (χ0v) is 18.3. The zero-order chi connectivity index (χ0) is 20.9. The molecule has 0 radical (unpaired) electrons. The number of aryl methyl sites for hydroxylation is 1. The Bertz CT molecular complexity index is 1190. The molecule has 152 valence electrons. The van der Waals surface area contributed by atoms with Crippen molar-refractivity contribution in [1.29, 1.82) is 0 Å². The number of nitrogens with zero attached hydrogens (tertiary/aromatic N) is 5. The van der Waals surface area contributed by atoms with E-state index < -0.39 is 11.9 Å². The summed E-state index contributed by atoms with van der Waals surface area (Å²) in [4.78, 5) is 12.3. The van der Waals surface area contributed by atoms with Crippen LogP contribution in [0.2, 0.25) is 5.28 Å². The Hall–Kier alpha value is -2.09. The Morgan fingerprint density at radius 1 is 1.17 bits per heavy atom. The van der Waals surface area contributed by atoms with Crippen molar-refractivity contribution in [2.24, 2.45) is 0 Å². The number of hydrogen-bond acceptors (Lipinski definition) is 3. The Morgan fingerprint density at radius 3 is 2.62 bits per heavy atom. The van der Waals surface area contributed by atoms with Gasteiger partial charge in [0.05, 0.1) is 0 Å². The molecule has 4 heterocycles. The molecule has 0 unspecified atom stereocenters. The van der Waals surface area contributed by atoms with Gasteiger partial charge in [-0.2, -0.15) is 0 Å². The molecule has 29 heavy (non-hydrogen) atoms. The summed E-state index contributed by atoms with van der Waals surface area (Å²) in [6.45, 7) is 6.26. The predicted octanol–water partition coefficient (Wildman–Crippen LogP) is 4.96. The van der Waals surface area contributed by atoms with E-state index in [9.17, 15) is 13.2 Å². The molecule has 0 saturated carbocycles. The van der Waals surface area contributed by atoms with Crippen molar-refractivity contribution in [3.8, 4) is 10.3 Å². The van der Waals surface area contributed by atoms with Crippen LogP contribution in [0.25, 0.3) is 21.3 Å². The normalized spacial score (nSPS) is 12.4. The van der Waals surface area contributed by atoms with Gasteiger partial charge in [-0.15, -0.1) is 0 Å². The van der Waals surface area contributed by atoms with Crippen LogP contribution in [0.5, 0.6) is 0 Å². The SMILES string of the molecule is Cc1cn(Cc2ccc(-c3nc(C(F)(F)F)cn3C(C)C)[se]2)c2nc(Cl)ncc12. The number of fused-ring (bicyclic) bond motifs is 1. The topological polar surface area (TPSA) is 48.5 Å². The van der Waals surface area contributed by atoms with E-state index in [-0.39, 0.29) is 25.8 Å². The second-order valence-corrected chi connectivity index (χ2v) is 9.82. The number of aromatic nitrogens is 5. The number of rotatable bonds is 4. The molecular weight excluding hydrogens is 470 g/mol. The number of alkyl halides is 3. The molecule has 0 saturated heterocycles. The van der Waals surface area contributed by atoms with Crippen LogP contribution < -0.4 is 0 Å². The standard InChI is InChI=1S/C19H17ClF3N5Se/c1-10(2)28-9-15(19(21,22)23)25-17(28)14-5-4-12(29-14)8-27-7-11(3)13-6-24-18(20)26-16(13)27/h4-7,9-10H,8H2,1-3H3. The van der Waals surface area contributed by atoms with Gasteiger partial charge in [-0.1, -0.05) is 0 Å². The molecule has 4 rings (SSSR count). The molecule has 0 aliphatic rings. The first-order chi connectivity index (χ1) is 13.6. The molecule has 0 atom stereocenters. The van der Waals surface area contributed by atoms with Crippen molar-refractivity contribution < 1.29 is 13.2 Å². The summed E-state index contributed by atoms with van der Waals surface area (Å²) in [7, 11) is 0. The van der Waals surface area contributed by atoms with Gasteiger partial charge in [0, 0.05) is 0 Å². The summed E-state index contributed by atoms with van der Waals surface area (Å²) < 4.78 is 45.0. The van der Waals surface area contributed by atoms with Crippen molar-refractivity contribution in [3.63, 3.8) is 0 Å². The zero-order valence-electron chi connectivity index (χ0n) is 15.8. The van der Waals surface area contributed by atoms with Crippen LogP contribution in [0.3, 0.4) is 0 Å². The molecule has 0 spiro atoms. The van der Waals surface area contributed by atoms with Gasteiger partial charge in [-0.3, -0.25) is 0 Å². The predicted molar refractivity (Wildman–Crippen MR) is 106 cm³/mol. The first-order valence-electron chi connectivity index (χ1n) is 8.86. The maximum absolute atomic E-state index is 13.1. The van der Waals surface area contributed by atoms with E-state index in [1.165, 1.54) is 0 Å². The summed E-state index contributed by atoms with van der Waals surface area (Å²) >= 11 is 5.81. The quantitative estimate of drug-likeness (QED) is 0.302. The van der Waals surface area contributed by atoms with Crippen LogP contribution in [-0.4, -0.2) is 38.6 Å². The minimum atomic E-state index is -4.46. The van der Waals surface area contributed by atoms with Crippen LogP contribution in [0.4, 0.5) is 13.2 Å². The molecule has 0 aromatic carbocycles. The third-order valence-corrected chi connectivity index (χ3v) is 6.99. The van der Waals surface area contributed by atoms with Crippen molar-refractivity contribution >= 4 is 37.1 Å². The molecule has 5 nitrogen and oxygen atoms in total. The van der Waals surface area contributed by atoms with E-state index in [1.54, 1.807) is 10.8 Å². The summed E-state index contributed by atoms with van der Waals surface area (Å²) in [6, 6.07) is 3.72. The van der Waals surface area contributed by atoms with Crippen molar-refractivity contribution in [2.45, 2.75) is 39.5 Å². The Kier molecular flexibility index (Phi) is 5.09. The molecule has 0 bridgehead atoms. The molecule has 10 heteroatoms. The summed E-state index contributed by atoms with van der Waals surface area (Å²) in [5, 5.41) is 1.11. The van der Waals surface area contributed by atoms with E-state index in [2.05, 4.69) is 15.0 Å². The molecule has 0 aliphatic carbocycles. The van der Waals surface area contributed by atoms with Gasteiger partial charge < -0.3 is 0 Å². The maximum atomic E-state index is 13.1. The number of hydrogen-bond donors (Lipinski definition) is 0. The molecule has 4 aromatic rings. The fraction of sp³-hybridized carbons (Fsp3) is 0.316. The molecule has 0 amide bonds. The average molecular weight is 487 g/mol. The van der Waals surface area contributed by atoms with Crippen LogP contribution in [0.15, 0.2) is 30.7 Å². The third kappa shape index (κ3) is 3.86. The second kappa shape index (κ2) is 7.31. The third-order valence-electron chi connectivity index (χ3n) is 4.57. The summed E-state index contributed by atoms with van der Waals surface area (Å²) in [5.74, 6) is 0.387. The van der Waals surface area contributed by atoms with Gasteiger partial charge in [0.15, 0.2) is 0 Å². The van der Waals surface area contributed by atoms with Gasteiger partial charge in [-0.05, 0) is 0 Å². The fourth-order valence-electron chi connectivity index (χ4n) is 3.19.